The van der Waals surface area contributed by atoms with Gasteiger partial charge in [-0.2, -0.15) is 0 Å². The SMILES string of the molecule is CCNC(=NCC(O)Cc1ccccc1)NCC1CCCOC1C(C)(C)C. The smallest absolute Gasteiger partial charge is 0.191 e. The average molecular weight is 376 g/mol. The van der Waals surface area contributed by atoms with Crippen LogP contribution in [0.5, 0.6) is 0 Å². The molecule has 1 aromatic rings. The van der Waals surface area contributed by atoms with Crippen LogP contribution in [0.2, 0.25) is 0 Å². The molecule has 0 spiro atoms. The van der Waals surface area contributed by atoms with Crippen molar-refractivity contribution < 1.29 is 9.84 Å². The van der Waals surface area contributed by atoms with E-state index in [0.717, 1.165) is 37.6 Å². The van der Waals surface area contributed by atoms with Crippen LogP contribution < -0.4 is 10.6 Å². The first-order valence-electron chi connectivity index (χ1n) is 10.3. The van der Waals surface area contributed by atoms with Crippen LogP contribution in [-0.2, 0) is 11.2 Å². The summed E-state index contributed by atoms with van der Waals surface area (Å²) >= 11 is 0. The van der Waals surface area contributed by atoms with Gasteiger partial charge in [-0.3, -0.25) is 4.99 Å². The molecule has 1 saturated heterocycles. The fourth-order valence-electron chi connectivity index (χ4n) is 3.73. The van der Waals surface area contributed by atoms with Crippen molar-refractivity contribution in [3.8, 4) is 0 Å². The Morgan fingerprint density at radius 3 is 2.67 bits per heavy atom. The molecule has 1 heterocycles. The molecule has 0 amide bonds. The zero-order valence-corrected chi connectivity index (χ0v) is 17.4. The number of benzene rings is 1. The minimum absolute atomic E-state index is 0.133. The molecule has 3 atom stereocenters. The quantitative estimate of drug-likeness (QED) is 0.506. The largest absolute Gasteiger partial charge is 0.391 e. The van der Waals surface area contributed by atoms with E-state index in [2.05, 4.69) is 43.3 Å². The van der Waals surface area contributed by atoms with Gasteiger partial charge in [0.25, 0.3) is 0 Å². The number of aliphatic hydroxyl groups excluding tert-OH is 1. The second-order valence-corrected chi connectivity index (χ2v) is 8.50. The van der Waals surface area contributed by atoms with Crippen molar-refractivity contribution in [3.63, 3.8) is 0 Å². The van der Waals surface area contributed by atoms with Gasteiger partial charge in [0.2, 0.25) is 0 Å². The van der Waals surface area contributed by atoms with Gasteiger partial charge < -0.3 is 20.5 Å². The maximum absolute atomic E-state index is 10.3. The summed E-state index contributed by atoms with van der Waals surface area (Å²) in [5.74, 6) is 1.24. The minimum atomic E-state index is -0.483. The zero-order chi connectivity index (χ0) is 19.7. The van der Waals surface area contributed by atoms with Gasteiger partial charge in [0.1, 0.15) is 0 Å². The minimum Gasteiger partial charge on any atom is -0.391 e. The van der Waals surface area contributed by atoms with E-state index in [1.54, 1.807) is 0 Å². The maximum Gasteiger partial charge on any atom is 0.191 e. The molecule has 2 rings (SSSR count). The first kappa shape index (κ1) is 21.7. The molecule has 27 heavy (non-hydrogen) atoms. The molecular weight excluding hydrogens is 338 g/mol. The van der Waals surface area contributed by atoms with Crippen LogP contribution in [0.25, 0.3) is 0 Å². The summed E-state index contributed by atoms with van der Waals surface area (Å²) in [6.07, 6.45) is 2.67. The molecule has 5 nitrogen and oxygen atoms in total. The monoisotopic (exact) mass is 375 g/mol. The Kier molecular flexibility index (Phi) is 8.58. The van der Waals surface area contributed by atoms with Gasteiger partial charge in [-0.1, -0.05) is 51.1 Å². The number of nitrogens with zero attached hydrogens (tertiary/aromatic N) is 1. The topological polar surface area (TPSA) is 65.9 Å². The standard InChI is InChI=1S/C22H37N3O2/c1-5-23-21(25-16-19(26)14-17-10-7-6-8-11-17)24-15-18-12-9-13-27-20(18)22(2,3)4/h6-8,10-11,18-20,26H,5,9,12-16H2,1-4H3,(H2,23,24,25). The summed E-state index contributed by atoms with van der Waals surface area (Å²) in [5.41, 5.74) is 1.26. The van der Waals surface area contributed by atoms with E-state index >= 15 is 0 Å². The number of nitrogens with one attached hydrogen (secondary N) is 2. The van der Waals surface area contributed by atoms with Crippen LogP contribution >= 0.6 is 0 Å². The summed E-state index contributed by atoms with van der Waals surface area (Å²) in [4.78, 5) is 4.58. The third-order valence-corrected chi connectivity index (χ3v) is 4.95. The van der Waals surface area contributed by atoms with Crippen LogP contribution in [0, 0.1) is 11.3 Å². The van der Waals surface area contributed by atoms with Crippen LogP contribution in [0.3, 0.4) is 0 Å². The lowest BCUT2D eigenvalue weighted by molar-refractivity contribution is -0.0835. The number of aliphatic hydroxyl groups is 1. The van der Waals surface area contributed by atoms with Gasteiger partial charge in [0.05, 0.1) is 18.8 Å². The van der Waals surface area contributed by atoms with Crippen molar-refractivity contribution in [1.29, 1.82) is 0 Å². The molecule has 1 aromatic carbocycles. The number of hydrogen-bond donors (Lipinski definition) is 3. The van der Waals surface area contributed by atoms with E-state index in [1.807, 2.05) is 30.3 Å². The van der Waals surface area contributed by atoms with E-state index in [4.69, 9.17) is 4.74 Å². The predicted octanol–water partition coefficient (Wildman–Crippen LogP) is 2.99. The van der Waals surface area contributed by atoms with Crippen molar-refractivity contribution in [3.05, 3.63) is 35.9 Å². The molecular formula is C22H37N3O2. The first-order chi connectivity index (χ1) is 12.9. The van der Waals surface area contributed by atoms with E-state index in [0.29, 0.717) is 18.9 Å². The zero-order valence-electron chi connectivity index (χ0n) is 17.4. The molecule has 1 aliphatic heterocycles. The van der Waals surface area contributed by atoms with E-state index < -0.39 is 6.10 Å². The lowest BCUT2D eigenvalue weighted by atomic mass is 9.78. The third-order valence-electron chi connectivity index (χ3n) is 4.95. The highest BCUT2D eigenvalue weighted by atomic mass is 16.5. The maximum atomic E-state index is 10.3. The van der Waals surface area contributed by atoms with Gasteiger partial charge in [0.15, 0.2) is 5.96 Å². The third kappa shape index (κ3) is 7.51. The van der Waals surface area contributed by atoms with Crippen molar-refractivity contribution in [2.24, 2.45) is 16.3 Å². The summed E-state index contributed by atoms with van der Waals surface area (Å²) in [5, 5.41) is 17.0. The molecule has 3 N–H and O–H groups in total. The summed E-state index contributed by atoms with van der Waals surface area (Å²) in [6.45, 7) is 11.7. The van der Waals surface area contributed by atoms with Crippen LogP contribution in [0.1, 0.15) is 46.1 Å². The second-order valence-electron chi connectivity index (χ2n) is 8.50. The highest BCUT2D eigenvalue weighted by molar-refractivity contribution is 5.79. The fourth-order valence-corrected chi connectivity index (χ4v) is 3.73. The number of aliphatic imine (C=N–C) groups is 1. The van der Waals surface area contributed by atoms with E-state index in [-0.39, 0.29) is 11.5 Å². The molecule has 0 radical (unpaired) electrons. The number of ether oxygens (including phenoxy) is 1. The van der Waals surface area contributed by atoms with E-state index in [1.165, 1.54) is 6.42 Å². The highest BCUT2D eigenvalue weighted by Gasteiger charge is 2.35. The summed E-state index contributed by atoms with van der Waals surface area (Å²) in [7, 11) is 0. The predicted molar refractivity (Wildman–Crippen MR) is 112 cm³/mol. The fraction of sp³-hybridized carbons (Fsp3) is 0.682. The number of hydrogen-bond acceptors (Lipinski definition) is 3. The van der Waals surface area contributed by atoms with Crippen molar-refractivity contribution >= 4 is 5.96 Å². The lowest BCUT2D eigenvalue weighted by Crippen LogP contribution is -2.47. The Labute approximate surface area is 164 Å². The van der Waals surface area contributed by atoms with Gasteiger partial charge in [-0.15, -0.1) is 0 Å². The van der Waals surface area contributed by atoms with Gasteiger partial charge in [-0.25, -0.2) is 0 Å². The molecule has 1 fully saturated rings. The molecule has 0 bridgehead atoms. The number of rotatable bonds is 7. The Morgan fingerprint density at radius 2 is 2.00 bits per heavy atom. The van der Waals surface area contributed by atoms with Crippen molar-refractivity contribution in [1.82, 2.24) is 10.6 Å². The normalized spacial score (nSPS) is 22.3. The second kappa shape index (κ2) is 10.7. The van der Waals surface area contributed by atoms with Crippen LogP contribution in [0.15, 0.2) is 35.3 Å². The lowest BCUT2D eigenvalue weighted by Gasteiger charge is -2.40. The van der Waals surface area contributed by atoms with Crippen LogP contribution in [0.4, 0.5) is 0 Å². The first-order valence-corrected chi connectivity index (χ1v) is 10.3. The van der Waals surface area contributed by atoms with Crippen LogP contribution in [-0.4, -0.2) is 49.5 Å². The Morgan fingerprint density at radius 1 is 1.26 bits per heavy atom. The Hall–Kier alpha value is -1.59. The van der Waals surface area contributed by atoms with Gasteiger partial charge >= 0.3 is 0 Å². The number of guanidine groups is 1. The Balaban J connectivity index is 1.88. The molecule has 0 aliphatic carbocycles. The molecule has 0 saturated carbocycles. The Bertz CT molecular complexity index is 569. The molecule has 1 aliphatic rings. The van der Waals surface area contributed by atoms with Gasteiger partial charge in [0, 0.05) is 32.0 Å². The molecule has 5 heteroatoms. The summed E-state index contributed by atoms with van der Waals surface area (Å²) in [6, 6.07) is 10.0. The summed E-state index contributed by atoms with van der Waals surface area (Å²) < 4.78 is 6.07. The molecule has 0 aromatic heterocycles. The van der Waals surface area contributed by atoms with Gasteiger partial charge in [-0.05, 0) is 30.7 Å². The molecule has 3 unspecified atom stereocenters. The van der Waals surface area contributed by atoms with Crippen molar-refractivity contribution in [2.45, 2.75) is 59.2 Å². The molecule has 152 valence electrons. The average Bonchev–Trinajstić information content (AvgIpc) is 2.64. The van der Waals surface area contributed by atoms with Crippen molar-refractivity contribution in [2.75, 3.05) is 26.2 Å². The highest BCUT2D eigenvalue weighted by Crippen LogP contribution is 2.33. The van der Waals surface area contributed by atoms with E-state index in [9.17, 15) is 5.11 Å².